The number of aromatic nitrogens is 2. The van der Waals surface area contributed by atoms with E-state index in [1.807, 2.05) is 16.3 Å². The van der Waals surface area contributed by atoms with E-state index in [9.17, 15) is 9.59 Å². The van der Waals surface area contributed by atoms with Gasteiger partial charge in [-0.3, -0.25) is 9.59 Å². The molecule has 5 heterocycles. The Balaban J connectivity index is 1.28. The van der Waals surface area contributed by atoms with Gasteiger partial charge in [-0.1, -0.05) is 12.8 Å². The molecule has 1 saturated heterocycles. The third-order valence-electron chi connectivity index (χ3n) is 7.07. The minimum atomic E-state index is -0.646. The van der Waals surface area contributed by atoms with Gasteiger partial charge in [0.25, 0.3) is 5.91 Å². The molecule has 1 aliphatic carbocycles. The Morgan fingerprint density at radius 3 is 2.77 bits per heavy atom. The Kier molecular flexibility index (Phi) is 6.94. The number of anilines is 4. The molecule has 0 aromatic carbocycles. The zero-order valence-corrected chi connectivity index (χ0v) is 22.0. The molecule has 1 aliphatic heterocycles. The highest BCUT2D eigenvalue weighted by Gasteiger charge is 2.24. The first kappa shape index (κ1) is 25.3. The van der Waals surface area contributed by atoms with Crippen LogP contribution in [0, 0.1) is 0 Å². The minimum Gasteiger partial charge on any atom is -0.456 e. The summed E-state index contributed by atoms with van der Waals surface area (Å²) in [6.07, 6.45) is 7.00. The number of carbonyl (C=O) groups is 1. The first-order chi connectivity index (χ1) is 19.0. The second kappa shape index (κ2) is 10.7. The number of hydrogen-bond acceptors (Lipinski definition) is 12. The van der Waals surface area contributed by atoms with Crippen molar-refractivity contribution < 1.29 is 18.4 Å². The minimum absolute atomic E-state index is 0.0163. The second-order valence-corrected chi connectivity index (χ2v) is 10.6. The van der Waals surface area contributed by atoms with Crippen LogP contribution in [0.15, 0.2) is 43.6 Å². The van der Waals surface area contributed by atoms with Crippen molar-refractivity contribution in [2.24, 2.45) is 11.5 Å². The summed E-state index contributed by atoms with van der Waals surface area (Å²) < 4.78 is 17.1. The van der Waals surface area contributed by atoms with Gasteiger partial charge in [0.15, 0.2) is 11.5 Å². The van der Waals surface area contributed by atoms with Crippen molar-refractivity contribution in [2.75, 3.05) is 41.8 Å². The van der Waals surface area contributed by atoms with Crippen LogP contribution in [0.25, 0.3) is 21.6 Å². The Bertz CT molecular complexity index is 1560. The Hall–Kier alpha value is -3.94. The maximum Gasteiger partial charge on any atom is 0.254 e. The van der Waals surface area contributed by atoms with E-state index in [-0.39, 0.29) is 34.5 Å². The molecule has 12 nitrogen and oxygen atoms in total. The number of primary amides is 1. The van der Waals surface area contributed by atoms with E-state index in [1.165, 1.54) is 29.9 Å². The Morgan fingerprint density at radius 1 is 1.15 bits per heavy atom. The molecule has 2 fully saturated rings. The number of ether oxygens (including phenoxy) is 1. The molecule has 0 unspecified atom stereocenters. The molecule has 2 atom stereocenters. The van der Waals surface area contributed by atoms with Gasteiger partial charge in [-0.05, 0) is 18.9 Å². The maximum absolute atomic E-state index is 12.7. The molecule has 4 aromatic rings. The quantitative estimate of drug-likeness (QED) is 0.265. The van der Waals surface area contributed by atoms with Crippen LogP contribution < -0.4 is 32.4 Å². The fourth-order valence-electron chi connectivity index (χ4n) is 4.95. The van der Waals surface area contributed by atoms with Gasteiger partial charge in [-0.15, -0.1) is 11.3 Å². The monoisotopic (exact) mass is 551 g/mol. The third kappa shape index (κ3) is 5.20. The standard InChI is InChI=1S/C26H29N7O5S/c27-17-3-1-2-4-18(17)31-26-29-11-15(24(28)35)25(32-26)30-14-9-20(39-13-14)16-12-37-23-19(34)10-21(38-22(16)23)33-5-7-36-8-6-33/h9-13,17-18H,1-8,27H2,(H2,28,35)(H2,29,30,31,32)/t17-,18+/m1/s1. The molecule has 204 valence electrons. The van der Waals surface area contributed by atoms with E-state index < -0.39 is 5.91 Å². The van der Waals surface area contributed by atoms with Gasteiger partial charge in [0.1, 0.15) is 17.6 Å². The number of carbonyl (C=O) groups excluding carboxylic acids is 1. The van der Waals surface area contributed by atoms with Crippen LogP contribution in [0.5, 0.6) is 0 Å². The van der Waals surface area contributed by atoms with Crippen LogP contribution in [-0.4, -0.2) is 54.3 Å². The number of nitrogens with two attached hydrogens (primary N) is 2. The molecule has 1 amide bonds. The van der Waals surface area contributed by atoms with Crippen molar-refractivity contribution in [3.63, 3.8) is 0 Å². The average Bonchev–Trinajstić information content (AvgIpc) is 3.58. The van der Waals surface area contributed by atoms with Crippen LogP contribution in [0.4, 0.5) is 23.3 Å². The molecular weight excluding hydrogens is 522 g/mol. The lowest BCUT2D eigenvalue weighted by Crippen LogP contribution is -2.43. The van der Waals surface area contributed by atoms with E-state index in [4.69, 9.17) is 25.0 Å². The van der Waals surface area contributed by atoms with Gasteiger partial charge in [-0.25, -0.2) is 4.98 Å². The summed E-state index contributed by atoms with van der Waals surface area (Å²) in [5.41, 5.74) is 13.7. The third-order valence-corrected chi connectivity index (χ3v) is 8.03. The number of hydrogen-bond donors (Lipinski definition) is 4. The predicted molar refractivity (Wildman–Crippen MR) is 149 cm³/mol. The summed E-state index contributed by atoms with van der Waals surface area (Å²) in [5, 5.41) is 8.37. The lowest BCUT2D eigenvalue weighted by atomic mass is 9.91. The van der Waals surface area contributed by atoms with Gasteiger partial charge in [0.2, 0.25) is 17.0 Å². The van der Waals surface area contributed by atoms with E-state index in [0.717, 1.165) is 30.6 Å². The molecule has 0 bridgehead atoms. The highest BCUT2D eigenvalue weighted by atomic mass is 32.1. The number of furan rings is 1. The lowest BCUT2D eigenvalue weighted by Gasteiger charge is -2.29. The Labute approximate surface area is 227 Å². The van der Waals surface area contributed by atoms with Crippen molar-refractivity contribution in [1.29, 1.82) is 0 Å². The van der Waals surface area contributed by atoms with Crippen molar-refractivity contribution in [2.45, 2.75) is 37.8 Å². The Morgan fingerprint density at radius 2 is 1.97 bits per heavy atom. The molecule has 13 heteroatoms. The highest BCUT2D eigenvalue weighted by Crippen LogP contribution is 2.37. The van der Waals surface area contributed by atoms with Gasteiger partial charge < -0.3 is 40.6 Å². The van der Waals surface area contributed by atoms with Crippen molar-refractivity contribution >= 4 is 51.7 Å². The summed E-state index contributed by atoms with van der Waals surface area (Å²) in [4.78, 5) is 36.4. The summed E-state index contributed by atoms with van der Waals surface area (Å²) in [6.45, 7) is 2.42. The fourth-order valence-corrected chi connectivity index (χ4v) is 5.79. The van der Waals surface area contributed by atoms with Gasteiger partial charge in [0.05, 0.1) is 30.5 Å². The number of thiophene rings is 1. The normalized spacial score (nSPS) is 19.8. The fraction of sp³-hybridized carbons (Fsp3) is 0.385. The maximum atomic E-state index is 12.7. The number of nitrogens with zero attached hydrogens (tertiary/aromatic N) is 3. The highest BCUT2D eigenvalue weighted by molar-refractivity contribution is 7.14. The first-order valence-electron chi connectivity index (χ1n) is 12.9. The zero-order valence-electron chi connectivity index (χ0n) is 21.1. The van der Waals surface area contributed by atoms with E-state index >= 15 is 0 Å². The van der Waals surface area contributed by atoms with Crippen LogP contribution in [0.3, 0.4) is 0 Å². The van der Waals surface area contributed by atoms with Crippen molar-refractivity contribution in [3.05, 3.63) is 45.8 Å². The van der Waals surface area contributed by atoms with Crippen LogP contribution >= 0.6 is 11.3 Å². The van der Waals surface area contributed by atoms with Gasteiger partial charge >= 0.3 is 0 Å². The molecular formula is C26H29N7O5S. The van der Waals surface area contributed by atoms with Crippen LogP contribution in [-0.2, 0) is 4.74 Å². The van der Waals surface area contributed by atoms with Gasteiger partial charge in [-0.2, -0.15) is 4.98 Å². The first-order valence-corrected chi connectivity index (χ1v) is 13.8. The number of nitrogens with one attached hydrogen (secondary N) is 2. The van der Waals surface area contributed by atoms with E-state index in [1.54, 1.807) is 0 Å². The van der Waals surface area contributed by atoms with Crippen LogP contribution in [0.1, 0.15) is 36.0 Å². The molecule has 1 saturated carbocycles. The summed E-state index contributed by atoms with van der Waals surface area (Å²) >= 11 is 1.43. The number of fused-ring (bicyclic) bond motifs is 1. The summed E-state index contributed by atoms with van der Waals surface area (Å²) in [7, 11) is 0. The van der Waals surface area contributed by atoms with Crippen LogP contribution in [0.2, 0.25) is 0 Å². The number of rotatable bonds is 7. The van der Waals surface area contributed by atoms with Crippen molar-refractivity contribution in [3.8, 4) is 10.4 Å². The van der Waals surface area contributed by atoms with E-state index in [0.29, 0.717) is 55.0 Å². The average molecular weight is 552 g/mol. The summed E-state index contributed by atoms with van der Waals surface area (Å²) in [5.74, 6) is 0.496. The lowest BCUT2D eigenvalue weighted by molar-refractivity contribution is 0.100. The molecule has 4 aromatic heterocycles. The molecule has 39 heavy (non-hydrogen) atoms. The smallest absolute Gasteiger partial charge is 0.254 e. The summed E-state index contributed by atoms with van der Waals surface area (Å²) in [6, 6.07) is 3.40. The van der Waals surface area contributed by atoms with Crippen molar-refractivity contribution in [1.82, 2.24) is 9.97 Å². The number of amides is 1. The largest absolute Gasteiger partial charge is 0.456 e. The topological polar surface area (TPSA) is 175 Å². The molecule has 6 rings (SSSR count). The molecule has 0 radical (unpaired) electrons. The molecule has 6 N–H and O–H groups in total. The van der Waals surface area contributed by atoms with Gasteiger partial charge in [0, 0.05) is 41.6 Å². The zero-order chi connectivity index (χ0) is 26.9. The SMILES string of the molecule is NC(=O)c1cnc(N[C@H]2CCCC[C@H]2N)nc1Nc1csc(-c2coc3c(=O)cc(N4CCOCC4)oc23)c1. The van der Waals surface area contributed by atoms with E-state index in [2.05, 4.69) is 20.6 Å². The molecule has 0 spiro atoms. The number of morpholine rings is 1. The second-order valence-electron chi connectivity index (χ2n) is 9.70. The molecule has 2 aliphatic rings. The predicted octanol–water partition coefficient (Wildman–Crippen LogP) is 3.27.